The smallest absolute Gasteiger partial charge is 0.313 e. The predicted octanol–water partition coefficient (Wildman–Crippen LogP) is 2.68. The summed E-state index contributed by atoms with van der Waals surface area (Å²) in [7, 11) is 0. The van der Waals surface area contributed by atoms with Crippen LogP contribution in [0.4, 0.5) is 10.1 Å². The minimum Gasteiger partial charge on any atom is -0.347 e. The van der Waals surface area contributed by atoms with Gasteiger partial charge in [-0.1, -0.05) is 49.4 Å². The van der Waals surface area contributed by atoms with Crippen molar-refractivity contribution in [1.82, 2.24) is 5.32 Å². The quantitative estimate of drug-likeness (QED) is 0.853. The van der Waals surface area contributed by atoms with Crippen molar-refractivity contribution >= 4 is 17.5 Å². The molecule has 0 aliphatic heterocycles. The highest BCUT2D eigenvalue weighted by atomic mass is 19.1. The van der Waals surface area contributed by atoms with Gasteiger partial charge >= 0.3 is 11.8 Å². The second kappa shape index (κ2) is 7.36. The topological polar surface area (TPSA) is 58.2 Å². The fourth-order valence-electron chi connectivity index (χ4n) is 1.97. The second-order valence-corrected chi connectivity index (χ2v) is 4.96. The Morgan fingerprint density at radius 3 is 2.32 bits per heavy atom. The summed E-state index contributed by atoms with van der Waals surface area (Å²) in [5, 5.41) is 4.79. The summed E-state index contributed by atoms with van der Waals surface area (Å²) >= 11 is 0. The summed E-state index contributed by atoms with van der Waals surface area (Å²) in [6.07, 6.45) is 0. The van der Waals surface area contributed by atoms with E-state index in [2.05, 4.69) is 10.6 Å². The Morgan fingerprint density at radius 1 is 1.00 bits per heavy atom. The van der Waals surface area contributed by atoms with Crippen molar-refractivity contribution in [3.05, 3.63) is 66.0 Å². The van der Waals surface area contributed by atoms with Gasteiger partial charge in [-0.2, -0.15) is 0 Å². The molecular weight excluding hydrogens is 283 g/mol. The Labute approximate surface area is 128 Å². The number of hydrogen-bond donors (Lipinski definition) is 2. The molecule has 0 heterocycles. The van der Waals surface area contributed by atoms with Gasteiger partial charge in [0.15, 0.2) is 0 Å². The molecule has 5 heteroatoms. The first-order valence-electron chi connectivity index (χ1n) is 6.96. The molecule has 22 heavy (non-hydrogen) atoms. The zero-order chi connectivity index (χ0) is 15.9. The van der Waals surface area contributed by atoms with E-state index in [1.165, 1.54) is 18.2 Å². The lowest BCUT2D eigenvalue weighted by Gasteiger charge is -2.13. The summed E-state index contributed by atoms with van der Waals surface area (Å²) in [5.74, 6) is -2.18. The SMILES string of the molecule is C[C@@H](CNC(=O)C(=O)Nc1ccccc1F)c1ccccc1. The third-order valence-corrected chi connectivity index (χ3v) is 3.27. The van der Waals surface area contributed by atoms with Crippen LogP contribution in [-0.4, -0.2) is 18.4 Å². The fourth-order valence-corrected chi connectivity index (χ4v) is 1.97. The zero-order valence-electron chi connectivity index (χ0n) is 12.2. The van der Waals surface area contributed by atoms with E-state index in [0.29, 0.717) is 6.54 Å². The van der Waals surface area contributed by atoms with Crippen LogP contribution in [-0.2, 0) is 9.59 Å². The maximum atomic E-state index is 13.4. The number of anilines is 1. The highest BCUT2D eigenvalue weighted by molar-refractivity contribution is 6.39. The molecular formula is C17H17FN2O2. The summed E-state index contributed by atoms with van der Waals surface area (Å²) in [5.41, 5.74) is 1.05. The fraction of sp³-hybridized carbons (Fsp3) is 0.176. The van der Waals surface area contributed by atoms with E-state index in [9.17, 15) is 14.0 Å². The third kappa shape index (κ3) is 4.15. The van der Waals surface area contributed by atoms with Gasteiger partial charge in [0.05, 0.1) is 5.69 Å². The van der Waals surface area contributed by atoms with Gasteiger partial charge < -0.3 is 10.6 Å². The predicted molar refractivity (Wildman–Crippen MR) is 82.9 cm³/mol. The van der Waals surface area contributed by atoms with E-state index in [-0.39, 0.29) is 11.6 Å². The molecule has 2 amide bonds. The third-order valence-electron chi connectivity index (χ3n) is 3.27. The van der Waals surface area contributed by atoms with Gasteiger partial charge in [0.1, 0.15) is 5.82 Å². The monoisotopic (exact) mass is 300 g/mol. The van der Waals surface area contributed by atoms with Crippen molar-refractivity contribution in [3.63, 3.8) is 0 Å². The van der Waals surface area contributed by atoms with Gasteiger partial charge in [-0.25, -0.2) is 4.39 Å². The van der Waals surface area contributed by atoms with E-state index >= 15 is 0 Å². The first kappa shape index (κ1) is 15.7. The lowest BCUT2D eigenvalue weighted by Crippen LogP contribution is -2.37. The molecule has 0 aliphatic carbocycles. The molecule has 4 nitrogen and oxygen atoms in total. The molecule has 0 saturated heterocycles. The van der Waals surface area contributed by atoms with Crippen LogP contribution in [0.1, 0.15) is 18.4 Å². The molecule has 2 aromatic rings. The summed E-state index contributed by atoms with van der Waals surface area (Å²) < 4.78 is 13.4. The van der Waals surface area contributed by atoms with Crippen LogP contribution in [0.3, 0.4) is 0 Å². The Bertz CT molecular complexity index is 659. The van der Waals surface area contributed by atoms with Crippen molar-refractivity contribution in [2.45, 2.75) is 12.8 Å². The van der Waals surface area contributed by atoms with E-state index in [4.69, 9.17) is 0 Å². The van der Waals surface area contributed by atoms with Crippen LogP contribution in [0.25, 0.3) is 0 Å². The molecule has 0 saturated carbocycles. The Morgan fingerprint density at radius 2 is 1.64 bits per heavy atom. The van der Waals surface area contributed by atoms with Gasteiger partial charge in [-0.15, -0.1) is 0 Å². The number of nitrogens with one attached hydrogen (secondary N) is 2. The first-order chi connectivity index (χ1) is 10.6. The Kier molecular flexibility index (Phi) is 5.25. The van der Waals surface area contributed by atoms with Crippen molar-refractivity contribution < 1.29 is 14.0 Å². The Hall–Kier alpha value is -2.69. The zero-order valence-corrected chi connectivity index (χ0v) is 12.2. The maximum absolute atomic E-state index is 13.4. The normalized spacial score (nSPS) is 11.5. The molecule has 1 atom stereocenters. The van der Waals surface area contributed by atoms with Gasteiger partial charge in [0.2, 0.25) is 0 Å². The molecule has 0 fully saturated rings. The van der Waals surface area contributed by atoms with E-state index < -0.39 is 17.6 Å². The number of halogens is 1. The number of rotatable bonds is 4. The van der Waals surface area contributed by atoms with E-state index in [1.54, 1.807) is 6.07 Å². The maximum Gasteiger partial charge on any atom is 0.313 e. The van der Waals surface area contributed by atoms with Gasteiger partial charge in [-0.05, 0) is 23.6 Å². The van der Waals surface area contributed by atoms with Crippen molar-refractivity contribution in [3.8, 4) is 0 Å². The lowest BCUT2D eigenvalue weighted by atomic mass is 10.0. The highest BCUT2D eigenvalue weighted by Crippen LogP contribution is 2.14. The van der Waals surface area contributed by atoms with Crippen LogP contribution in [0.5, 0.6) is 0 Å². The van der Waals surface area contributed by atoms with E-state index in [0.717, 1.165) is 5.56 Å². The van der Waals surface area contributed by atoms with Gasteiger partial charge in [0.25, 0.3) is 0 Å². The molecule has 2 rings (SSSR count). The average Bonchev–Trinajstić information content (AvgIpc) is 2.55. The molecule has 0 spiro atoms. The van der Waals surface area contributed by atoms with Crippen LogP contribution in [0.2, 0.25) is 0 Å². The highest BCUT2D eigenvalue weighted by Gasteiger charge is 2.16. The number of carbonyl (C=O) groups excluding carboxylic acids is 2. The minimum absolute atomic E-state index is 0.0150. The standard InChI is InChI=1S/C17H17FN2O2/c1-12(13-7-3-2-4-8-13)11-19-16(21)17(22)20-15-10-6-5-9-14(15)18/h2-10,12H,11H2,1H3,(H,19,21)(H,20,22)/t12-/m0/s1. The summed E-state index contributed by atoms with van der Waals surface area (Å²) in [6.45, 7) is 2.28. The molecule has 2 aromatic carbocycles. The van der Waals surface area contributed by atoms with Crippen molar-refractivity contribution in [1.29, 1.82) is 0 Å². The lowest BCUT2D eigenvalue weighted by molar-refractivity contribution is -0.136. The molecule has 0 bridgehead atoms. The largest absolute Gasteiger partial charge is 0.347 e. The molecule has 0 unspecified atom stereocenters. The van der Waals surface area contributed by atoms with Gasteiger partial charge in [0, 0.05) is 6.54 Å². The summed E-state index contributed by atoms with van der Waals surface area (Å²) in [6, 6.07) is 15.3. The molecule has 0 aliphatic rings. The minimum atomic E-state index is -0.884. The second-order valence-electron chi connectivity index (χ2n) is 4.96. The van der Waals surface area contributed by atoms with Crippen LogP contribution in [0.15, 0.2) is 54.6 Å². The van der Waals surface area contributed by atoms with Gasteiger partial charge in [-0.3, -0.25) is 9.59 Å². The molecule has 0 aromatic heterocycles. The number of hydrogen-bond acceptors (Lipinski definition) is 2. The summed E-state index contributed by atoms with van der Waals surface area (Å²) in [4.78, 5) is 23.5. The number of carbonyl (C=O) groups is 2. The molecule has 2 N–H and O–H groups in total. The number of benzene rings is 2. The average molecular weight is 300 g/mol. The Balaban J connectivity index is 1.87. The first-order valence-corrected chi connectivity index (χ1v) is 6.96. The number of para-hydroxylation sites is 1. The molecule has 114 valence electrons. The van der Waals surface area contributed by atoms with Crippen LogP contribution < -0.4 is 10.6 Å². The van der Waals surface area contributed by atoms with Crippen LogP contribution >= 0.6 is 0 Å². The van der Waals surface area contributed by atoms with E-state index in [1.807, 2.05) is 37.3 Å². The number of amides is 2. The van der Waals surface area contributed by atoms with Crippen LogP contribution in [0, 0.1) is 5.82 Å². The van der Waals surface area contributed by atoms with Crippen molar-refractivity contribution in [2.75, 3.05) is 11.9 Å². The van der Waals surface area contributed by atoms with Crippen molar-refractivity contribution in [2.24, 2.45) is 0 Å². The molecule has 0 radical (unpaired) electrons.